The average Bonchev–Trinajstić information content (AvgIpc) is 3.18. The highest BCUT2D eigenvalue weighted by molar-refractivity contribution is 7.15. The van der Waals surface area contributed by atoms with E-state index in [0.717, 1.165) is 17.4 Å². The quantitative estimate of drug-likeness (QED) is 0.615. The topological polar surface area (TPSA) is 68.4 Å². The summed E-state index contributed by atoms with van der Waals surface area (Å²) in [6.07, 6.45) is 2.95. The van der Waals surface area contributed by atoms with Crippen molar-refractivity contribution in [2.24, 2.45) is 0 Å². The summed E-state index contributed by atoms with van der Waals surface area (Å²) in [6.45, 7) is 5.05. The zero-order valence-corrected chi connectivity index (χ0v) is 14.6. The molecule has 0 saturated carbocycles. The van der Waals surface area contributed by atoms with Gasteiger partial charge in [-0.25, -0.2) is 4.98 Å². The minimum atomic E-state index is -0.455. The van der Waals surface area contributed by atoms with Gasteiger partial charge in [-0.2, -0.15) is 0 Å². The summed E-state index contributed by atoms with van der Waals surface area (Å²) in [4.78, 5) is 29.6. The molecule has 6 nitrogen and oxygen atoms in total. The Morgan fingerprint density at radius 1 is 1.32 bits per heavy atom. The largest absolute Gasteiger partial charge is 0.345 e. The van der Waals surface area contributed by atoms with Crippen LogP contribution in [0.25, 0.3) is 15.9 Å². The number of carbonyl (C=O) groups is 1. The van der Waals surface area contributed by atoms with E-state index in [1.165, 1.54) is 27.6 Å². The molecule has 0 aliphatic heterocycles. The van der Waals surface area contributed by atoms with Crippen LogP contribution in [0.4, 0.5) is 5.69 Å². The molecule has 0 atom stereocenters. The first-order chi connectivity index (χ1) is 12.1. The Morgan fingerprint density at radius 3 is 2.96 bits per heavy atom. The maximum absolute atomic E-state index is 12.5. The Labute approximate surface area is 147 Å². The van der Waals surface area contributed by atoms with E-state index in [0.29, 0.717) is 10.6 Å². The van der Waals surface area contributed by atoms with Gasteiger partial charge in [0.2, 0.25) is 0 Å². The van der Waals surface area contributed by atoms with Gasteiger partial charge in [0.05, 0.1) is 0 Å². The Balaban J connectivity index is 1.69. The van der Waals surface area contributed by atoms with Crippen molar-refractivity contribution in [3.63, 3.8) is 0 Å². The molecule has 25 heavy (non-hydrogen) atoms. The minimum absolute atomic E-state index is 0.0262. The lowest BCUT2D eigenvalue weighted by Crippen LogP contribution is -2.25. The standard InChI is InChI=1S/C18H16N4O2S/c1-3-21-11(2)8-12-9-13(4-5-15(12)21)20-16(23)14-10-19-18-22(17(14)24)6-7-25-18/h4-10H,3H2,1-2H3,(H,20,23). The Bertz CT molecular complexity index is 1170. The Kier molecular flexibility index (Phi) is 3.65. The van der Waals surface area contributed by atoms with Crippen LogP contribution < -0.4 is 10.9 Å². The van der Waals surface area contributed by atoms with Crippen LogP contribution in [-0.2, 0) is 6.54 Å². The molecule has 1 amide bonds. The molecule has 1 aromatic carbocycles. The van der Waals surface area contributed by atoms with Crippen molar-refractivity contribution in [2.75, 3.05) is 5.32 Å². The molecule has 0 unspecified atom stereocenters. The number of hydrogen-bond donors (Lipinski definition) is 1. The van der Waals surface area contributed by atoms with Crippen LogP contribution in [-0.4, -0.2) is 19.9 Å². The van der Waals surface area contributed by atoms with Gasteiger partial charge in [-0.15, -0.1) is 11.3 Å². The van der Waals surface area contributed by atoms with E-state index >= 15 is 0 Å². The molecule has 0 spiro atoms. The molecular formula is C18H16N4O2S. The summed E-state index contributed by atoms with van der Waals surface area (Å²) in [5.41, 5.74) is 2.61. The van der Waals surface area contributed by atoms with Gasteiger partial charge < -0.3 is 9.88 Å². The smallest absolute Gasteiger partial charge is 0.271 e. The molecule has 0 radical (unpaired) electrons. The van der Waals surface area contributed by atoms with Crippen molar-refractivity contribution in [3.8, 4) is 0 Å². The molecule has 4 rings (SSSR count). The molecule has 1 N–H and O–H groups in total. The van der Waals surface area contributed by atoms with Crippen LogP contribution in [0.1, 0.15) is 23.0 Å². The van der Waals surface area contributed by atoms with Gasteiger partial charge in [-0.1, -0.05) is 0 Å². The van der Waals surface area contributed by atoms with Crippen molar-refractivity contribution in [1.82, 2.24) is 14.0 Å². The minimum Gasteiger partial charge on any atom is -0.345 e. The molecule has 7 heteroatoms. The van der Waals surface area contributed by atoms with Crippen molar-refractivity contribution < 1.29 is 4.79 Å². The third kappa shape index (κ3) is 2.53. The first kappa shape index (κ1) is 15.6. The fraction of sp³-hybridized carbons (Fsp3) is 0.167. The summed E-state index contributed by atoms with van der Waals surface area (Å²) in [5, 5.41) is 5.62. The molecule has 0 fully saturated rings. The number of hydrogen-bond acceptors (Lipinski definition) is 4. The van der Waals surface area contributed by atoms with Gasteiger partial charge >= 0.3 is 0 Å². The van der Waals surface area contributed by atoms with E-state index in [1.807, 2.05) is 18.2 Å². The third-order valence-electron chi connectivity index (χ3n) is 4.27. The van der Waals surface area contributed by atoms with Crippen molar-refractivity contribution >= 4 is 38.8 Å². The number of anilines is 1. The number of nitrogens with one attached hydrogen (secondary N) is 1. The molecule has 4 aromatic rings. The second-order valence-corrected chi connectivity index (χ2v) is 6.66. The highest BCUT2D eigenvalue weighted by atomic mass is 32.1. The van der Waals surface area contributed by atoms with E-state index in [2.05, 4.69) is 34.8 Å². The van der Waals surface area contributed by atoms with E-state index in [-0.39, 0.29) is 11.1 Å². The molecule has 0 aliphatic rings. The SMILES string of the molecule is CCn1c(C)cc2cc(NC(=O)c3cnc4sccn4c3=O)ccc21. The van der Waals surface area contributed by atoms with Gasteiger partial charge in [-0.3, -0.25) is 14.0 Å². The number of amides is 1. The van der Waals surface area contributed by atoms with Crippen LogP contribution in [0.3, 0.4) is 0 Å². The van der Waals surface area contributed by atoms with Gasteiger partial charge in [0.1, 0.15) is 5.56 Å². The fourth-order valence-electron chi connectivity index (χ4n) is 3.09. The molecule has 0 aliphatic carbocycles. The normalized spacial score (nSPS) is 11.3. The highest BCUT2D eigenvalue weighted by Gasteiger charge is 2.14. The lowest BCUT2D eigenvalue weighted by atomic mass is 10.2. The van der Waals surface area contributed by atoms with E-state index in [1.54, 1.807) is 11.6 Å². The number of aryl methyl sites for hydroxylation is 2. The van der Waals surface area contributed by atoms with Crippen LogP contribution >= 0.6 is 11.3 Å². The van der Waals surface area contributed by atoms with Crippen LogP contribution in [0.5, 0.6) is 0 Å². The fourth-order valence-corrected chi connectivity index (χ4v) is 3.76. The average molecular weight is 352 g/mol. The first-order valence-corrected chi connectivity index (χ1v) is 8.82. The van der Waals surface area contributed by atoms with Crippen LogP contribution in [0, 0.1) is 6.92 Å². The van der Waals surface area contributed by atoms with E-state index in [9.17, 15) is 9.59 Å². The number of carbonyl (C=O) groups excluding carboxylic acids is 1. The summed E-state index contributed by atoms with van der Waals surface area (Å²) in [6, 6.07) is 7.83. The predicted octanol–water partition coefficient (Wildman–Crippen LogP) is 3.29. The third-order valence-corrected chi connectivity index (χ3v) is 5.04. The molecule has 0 saturated heterocycles. The number of rotatable bonds is 3. The molecule has 3 aromatic heterocycles. The summed E-state index contributed by atoms with van der Waals surface area (Å²) in [5.74, 6) is -0.455. The number of aromatic nitrogens is 3. The maximum Gasteiger partial charge on any atom is 0.271 e. The van der Waals surface area contributed by atoms with Crippen LogP contribution in [0.15, 0.2) is 46.8 Å². The number of benzene rings is 1. The van der Waals surface area contributed by atoms with Gasteiger partial charge in [0.15, 0.2) is 4.96 Å². The highest BCUT2D eigenvalue weighted by Crippen LogP contribution is 2.23. The molecule has 126 valence electrons. The second kappa shape index (κ2) is 5.86. The second-order valence-electron chi connectivity index (χ2n) is 5.79. The summed E-state index contributed by atoms with van der Waals surface area (Å²) < 4.78 is 3.59. The molecule has 3 heterocycles. The zero-order valence-electron chi connectivity index (χ0n) is 13.8. The number of fused-ring (bicyclic) bond motifs is 2. The van der Waals surface area contributed by atoms with E-state index < -0.39 is 5.91 Å². The summed E-state index contributed by atoms with van der Waals surface area (Å²) >= 11 is 1.35. The lowest BCUT2D eigenvalue weighted by Gasteiger charge is -2.07. The van der Waals surface area contributed by atoms with Crippen molar-refractivity contribution in [2.45, 2.75) is 20.4 Å². The first-order valence-electron chi connectivity index (χ1n) is 7.94. The van der Waals surface area contributed by atoms with Gasteiger partial charge in [0.25, 0.3) is 11.5 Å². The number of nitrogens with zero attached hydrogens (tertiary/aromatic N) is 3. The van der Waals surface area contributed by atoms with Gasteiger partial charge in [0, 0.05) is 46.6 Å². The van der Waals surface area contributed by atoms with E-state index in [4.69, 9.17) is 0 Å². The Hall–Kier alpha value is -2.93. The monoisotopic (exact) mass is 352 g/mol. The predicted molar refractivity (Wildman–Crippen MR) is 99.6 cm³/mol. The Morgan fingerprint density at radius 2 is 2.16 bits per heavy atom. The zero-order chi connectivity index (χ0) is 17.6. The van der Waals surface area contributed by atoms with Crippen LogP contribution in [0.2, 0.25) is 0 Å². The molecular weight excluding hydrogens is 336 g/mol. The summed E-state index contributed by atoms with van der Waals surface area (Å²) in [7, 11) is 0. The van der Waals surface area contributed by atoms with Crippen molar-refractivity contribution in [1.29, 1.82) is 0 Å². The maximum atomic E-state index is 12.5. The lowest BCUT2D eigenvalue weighted by molar-refractivity contribution is 0.102. The van der Waals surface area contributed by atoms with Gasteiger partial charge in [-0.05, 0) is 38.1 Å². The van der Waals surface area contributed by atoms with Crippen molar-refractivity contribution in [3.05, 3.63) is 63.7 Å². The molecule has 0 bridgehead atoms. The number of thiazole rings is 1.